The third kappa shape index (κ3) is 2.49. The van der Waals surface area contributed by atoms with Crippen LogP contribution in [-0.2, 0) is 4.79 Å². The molecule has 0 unspecified atom stereocenters. The lowest BCUT2D eigenvalue weighted by Crippen LogP contribution is -2.22. The summed E-state index contributed by atoms with van der Waals surface area (Å²) < 4.78 is 27.9. The van der Waals surface area contributed by atoms with Crippen molar-refractivity contribution in [1.82, 2.24) is 10.6 Å². The fourth-order valence-electron chi connectivity index (χ4n) is 1.49. The van der Waals surface area contributed by atoms with Crippen molar-refractivity contribution in [3.8, 4) is 5.75 Å². The zero-order valence-electron chi connectivity index (χ0n) is 8.44. The first-order chi connectivity index (χ1) is 8.06. The van der Waals surface area contributed by atoms with Crippen LogP contribution in [-0.4, -0.2) is 18.5 Å². The molecule has 1 saturated heterocycles. The Bertz CT molecular complexity index is 447. The summed E-state index contributed by atoms with van der Waals surface area (Å²) in [7, 11) is 0. The SMILES string of the molecule is O=C1NC(=O)[C@@H](c2ccc(OC(F)F)cc2)N1. The van der Waals surface area contributed by atoms with Crippen LogP contribution >= 0.6 is 0 Å². The molecule has 0 saturated carbocycles. The van der Waals surface area contributed by atoms with Gasteiger partial charge in [-0.25, -0.2) is 4.79 Å². The standard InChI is InChI=1S/C10H8F2N2O3/c11-9(12)17-6-3-1-5(2-4-6)7-8(15)14-10(16)13-7/h1-4,7,9H,(H2,13,14,15,16)/t7-/m1/s1. The molecule has 2 rings (SSSR count). The van der Waals surface area contributed by atoms with Gasteiger partial charge in [-0.3, -0.25) is 10.1 Å². The molecule has 90 valence electrons. The number of ether oxygens (including phenoxy) is 1. The molecular weight excluding hydrogens is 234 g/mol. The molecular formula is C10H8F2N2O3. The normalized spacial score (nSPS) is 19.1. The number of halogens is 2. The number of nitrogens with one attached hydrogen (secondary N) is 2. The van der Waals surface area contributed by atoms with Gasteiger partial charge in [-0.05, 0) is 17.7 Å². The maximum atomic E-state index is 11.9. The van der Waals surface area contributed by atoms with Crippen molar-refractivity contribution in [3.05, 3.63) is 29.8 Å². The van der Waals surface area contributed by atoms with Crippen LogP contribution in [0.3, 0.4) is 0 Å². The number of rotatable bonds is 3. The highest BCUT2D eigenvalue weighted by atomic mass is 19.3. The van der Waals surface area contributed by atoms with Gasteiger partial charge in [-0.1, -0.05) is 12.1 Å². The second-order valence-electron chi connectivity index (χ2n) is 3.34. The second kappa shape index (κ2) is 4.36. The average Bonchev–Trinajstić information content (AvgIpc) is 2.58. The van der Waals surface area contributed by atoms with E-state index >= 15 is 0 Å². The zero-order chi connectivity index (χ0) is 12.4. The van der Waals surface area contributed by atoms with Gasteiger partial charge in [0.2, 0.25) is 0 Å². The third-order valence-corrected chi connectivity index (χ3v) is 2.21. The number of imide groups is 1. The molecule has 5 nitrogen and oxygen atoms in total. The molecule has 7 heteroatoms. The second-order valence-corrected chi connectivity index (χ2v) is 3.34. The maximum Gasteiger partial charge on any atom is 0.387 e. The Hall–Kier alpha value is -2.18. The van der Waals surface area contributed by atoms with E-state index in [1.54, 1.807) is 0 Å². The van der Waals surface area contributed by atoms with Crippen LogP contribution in [0.25, 0.3) is 0 Å². The Balaban J connectivity index is 2.13. The highest BCUT2D eigenvalue weighted by Crippen LogP contribution is 2.21. The zero-order valence-corrected chi connectivity index (χ0v) is 8.44. The summed E-state index contributed by atoms with van der Waals surface area (Å²) in [5.41, 5.74) is 0.495. The number of carbonyl (C=O) groups excluding carboxylic acids is 2. The lowest BCUT2D eigenvalue weighted by Gasteiger charge is -2.09. The summed E-state index contributed by atoms with van der Waals surface area (Å²) in [6.45, 7) is -2.89. The van der Waals surface area contributed by atoms with Crippen molar-refractivity contribution < 1.29 is 23.1 Å². The summed E-state index contributed by atoms with van der Waals surface area (Å²) in [4.78, 5) is 22.2. The van der Waals surface area contributed by atoms with Gasteiger partial charge in [0.05, 0.1) is 0 Å². The van der Waals surface area contributed by atoms with Gasteiger partial charge in [0.25, 0.3) is 5.91 Å². The molecule has 1 aliphatic heterocycles. The number of alkyl halides is 2. The number of carbonyl (C=O) groups is 2. The quantitative estimate of drug-likeness (QED) is 0.782. The molecule has 2 N–H and O–H groups in total. The smallest absolute Gasteiger partial charge is 0.387 e. The highest BCUT2D eigenvalue weighted by Gasteiger charge is 2.30. The summed E-state index contributed by atoms with van der Waals surface area (Å²) in [6.07, 6.45) is 0. The van der Waals surface area contributed by atoms with Crippen LogP contribution in [0, 0.1) is 0 Å². The van der Waals surface area contributed by atoms with Crippen molar-refractivity contribution >= 4 is 11.9 Å². The topological polar surface area (TPSA) is 67.4 Å². The molecule has 1 aromatic rings. The highest BCUT2D eigenvalue weighted by molar-refractivity contribution is 6.04. The summed E-state index contributed by atoms with van der Waals surface area (Å²) in [5.74, 6) is -0.481. The fraction of sp³-hybridized carbons (Fsp3) is 0.200. The lowest BCUT2D eigenvalue weighted by molar-refractivity contribution is -0.120. The van der Waals surface area contributed by atoms with Crippen LogP contribution in [0.2, 0.25) is 0 Å². The van der Waals surface area contributed by atoms with Crippen LogP contribution in [0.4, 0.5) is 13.6 Å². The number of amides is 3. The predicted molar refractivity (Wildman–Crippen MR) is 52.5 cm³/mol. The number of benzene rings is 1. The van der Waals surface area contributed by atoms with E-state index in [2.05, 4.69) is 15.4 Å². The van der Waals surface area contributed by atoms with Crippen molar-refractivity contribution in [2.75, 3.05) is 0 Å². The third-order valence-electron chi connectivity index (χ3n) is 2.21. The van der Waals surface area contributed by atoms with Gasteiger partial charge in [0, 0.05) is 0 Å². The van der Waals surface area contributed by atoms with E-state index in [4.69, 9.17) is 0 Å². The first kappa shape index (κ1) is 11.3. The van der Waals surface area contributed by atoms with E-state index in [0.717, 1.165) is 0 Å². The molecule has 0 radical (unpaired) electrons. The Kier molecular flexibility index (Phi) is 2.90. The largest absolute Gasteiger partial charge is 0.435 e. The molecule has 1 atom stereocenters. The Morgan fingerprint density at radius 3 is 2.29 bits per heavy atom. The fourth-order valence-corrected chi connectivity index (χ4v) is 1.49. The Labute approximate surface area is 94.8 Å². The minimum Gasteiger partial charge on any atom is -0.435 e. The van der Waals surface area contributed by atoms with Crippen LogP contribution < -0.4 is 15.4 Å². The van der Waals surface area contributed by atoms with Gasteiger partial charge in [-0.2, -0.15) is 8.78 Å². The molecule has 1 aromatic carbocycles. The van der Waals surface area contributed by atoms with Crippen LogP contribution in [0.15, 0.2) is 24.3 Å². The molecule has 0 aromatic heterocycles. The first-order valence-electron chi connectivity index (χ1n) is 4.72. The van der Waals surface area contributed by atoms with Crippen molar-refractivity contribution in [3.63, 3.8) is 0 Å². The number of urea groups is 1. The molecule has 0 bridgehead atoms. The first-order valence-corrected chi connectivity index (χ1v) is 4.72. The molecule has 0 aliphatic carbocycles. The van der Waals surface area contributed by atoms with Crippen LogP contribution in [0.1, 0.15) is 11.6 Å². The van der Waals surface area contributed by atoms with E-state index in [0.29, 0.717) is 5.56 Å². The summed E-state index contributed by atoms with van der Waals surface area (Å²) in [6, 6.07) is 4.12. The Morgan fingerprint density at radius 1 is 1.18 bits per heavy atom. The average molecular weight is 242 g/mol. The molecule has 17 heavy (non-hydrogen) atoms. The molecule has 1 aliphatic rings. The van der Waals surface area contributed by atoms with Crippen molar-refractivity contribution in [2.45, 2.75) is 12.7 Å². The van der Waals surface area contributed by atoms with Gasteiger partial charge in [0.1, 0.15) is 11.8 Å². The minimum atomic E-state index is -2.89. The minimum absolute atomic E-state index is 0.00604. The number of hydrogen-bond acceptors (Lipinski definition) is 3. The summed E-state index contributed by atoms with van der Waals surface area (Å²) >= 11 is 0. The van der Waals surface area contributed by atoms with E-state index < -0.39 is 24.6 Å². The van der Waals surface area contributed by atoms with Crippen molar-refractivity contribution in [1.29, 1.82) is 0 Å². The van der Waals surface area contributed by atoms with E-state index in [9.17, 15) is 18.4 Å². The molecule has 1 fully saturated rings. The van der Waals surface area contributed by atoms with Crippen molar-refractivity contribution in [2.24, 2.45) is 0 Å². The molecule has 3 amide bonds. The van der Waals surface area contributed by atoms with E-state index in [1.165, 1.54) is 24.3 Å². The molecule has 1 heterocycles. The van der Waals surface area contributed by atoms with E-state index in [-0.39, 0.29) is 5.75 Å². The molecule has 0 spiro atoms. The van der Waals surface area contributed by atoms with E-state index in [1.807, 2.05) is 0 Å². The lowest BCUT2D eigenvalue weighted by atomic mass is 10.1. The van der Waals surface area contributed by atoms with Crippen LogP contribution in [0.5, 0.6) is 5.75 Å². The predicted octanol–water partition coefficient (Wildman–Crippen LogP) is 1.17. The van der Waals surface area contributed by atoms with Gasteiger partial charge in [0.15, 0.2) is 0 Å². The van der Waals surface area contributed by atoms with Gasteiger partial charge < -0.3 is 10.1 Å². The Morgan fingerprint density at radius 2 is 1.82 bits per heavy atom. The summed E-state index contributed by atoms with van der Waals surface area (Å²) in [5, 5.41) is 4.46. The monoisotopic (exact) mass is 242 g/mol. The van der Waals surface area contributed by atoms with Gasteiger partial charge >= 0.3 is 12.6 Å². The van der Waals surface area contributed by atoms with Gasteiger partial charge in [-0.15, -0.1) is 0 Å². The maximum absolute atomic E-state index is 11.9. The number of hydrogen-bond donors (Lipinski definition) is 2.